The number of ether oxygens (including phenoxy) is 2. The molecule has 1 aliphatic heterocycles. The summed E-state index contributed by atoms with van der Waals surface area (Å²) in [6.07, 6.45) is 0.148. The van der Waals surface area contributed by atoms with Crippen LogP contribution in [0.2, 0.25) is 0 Å². The highest BCUT2D eigenvalue weighted by molar-refractivity contribution is 7.52. The lowest BCUT2D eigenvalue weighted by Gasteiger charge is -2.26. The number of hydrogen-bond acceptors (Lipinski definition) is 8. The van der Waals surface area contributed by atoms with Crippen LogP contribution < -0.4 is 20.9 Å². The van der Waals surface area contributed by atoms with Crippen molar-refractivity contribution < 1.29 is 27.9 Å². The molecule has 1 aliphatic rings. The third kappa shape index (κ3) is 6.57. The van der Waals surface area contributed by atoms with Gasteiger partial charge in [0.05, 0.1) is 0 Å². The molecule has 1 unspecified atom stereocenters. The van der Waals surface area contributed by atoms with Crippen LogP contribution in [0.1, 0.15) is 31.6 Å². The first kappa shape index (κ1) is 27.5. The summed E-state index contributed by atoms with van der Waals surface area (Å²) in [6.45, 7) is 1.54. The fraction of sp³-hybridized carbons (Fsp3) is 0.250. The predicted molar refractivity (Wildman–Crippen MR) is 147 cm³/mol. The van der Waals surface area contributed by atoms with E-state index in [-0.39, 0.29) is 18.8 Å². The van der Waals surface area contributed by atoms with E-state index in [4.69, 9.17) is 18.5 Å². The maximum absolute atomic E-state index is 14.2. The van der Waals surface area contributed by atoms with Crippen LogP contribution in [0, 0.1) is 0 Å². The van der Waals surface area contributed by atoms with Crippen molar-refractivity contribution in [2.24, 2.45) is 0 Å². The molecule has 0 spiro atoms. The van der Waals surface area contributed by atoms with Crippen molar-refractivity contribution in [3.05, 3.63) is 111 Å². The van der Waals surface area contributed by atoms with E-state index in [2.05, 4.69) is 10.1 Å². The lowest BCUT2D eigenvalue weighted by molar-refractivity contribution is -0.147. The number of esters is 1. The van der Waals surface area contributed by atoms with Gasteiger partial charge in [-0.1, -0.05) is 66.7 Å². The number of carbonyl (C=O) groups excluding carboxylic acids is 1. The molecule has 11 nitrogen and oxygen atoms in total. The van der Waals surface area contributed by atoms with Gasteiger partial charge < -0.3 is 14.0 Å². The number of rotatable bonds is 10. The summed E-state index contributed by atoms with van der Waals surface area (Å²) in [4.78, 5) is 38.6. The number of nitrogens with zero attached hydrogens (tertiary/aromatic N) is 1. The molecule has 4 aromatic rings. The summed E-state index contributed by atoms with van der Waals surface area (Å²) >= 11 is 0. The van der Waals surface area contributed by atoms with E-state index in [1.807, 2.05) is 60.7 Å². The van der Waals surface area contributed by atoms with Crippen LogP contribution in [0.5, 0.6) is 5.75 Å². The van der Waals surface area contributed by atoms with Crippen LogP contribution in [0.15, 0.2) is 94.6 Å². The number of nitrogens with one attached hydrogen (secondary N) is 2. The molecule has 208 valence electrons. The largest absolute Gasteiger partial charge is 0.461 e. The lowest BCUT2D eigenvalue weighted by atomic mass is 10.1. The van der Waals surface area contributed by atoms with Gasteiger partial charge in [0, 0.05) is 24.1 Å². The molecule has 1 saturated heterocycles. The van der Waals surface area contributed by atoms with Crippen LogP contribution in [0.25, 0.3) is 10.8 Å². The highest BCUT2D eigenvalue weighted by Crippen LogP contribution is 2.50. The molecular formula is C28H28N3O8P. The van der Waals surface area contributed by atoms with Gasteiger partial charge in [-0.25, -0.2) is 9.36 Å². The highest BCUT2D eigenvalue weighted by atomic mass is 31.2. The summed E-state index contributed by atoms with van der Waals surface area (Å²) in [5, 5.41) is 4.24. The van der Waals surface area contributed by atoms with Gasteiger partial charge in [0.15, 0.2) is 6.29 Å². The zero-order valence-corrected chi connectivity index (χ0v) is 22.5. The van der Waals surface area contributed by atoms with E-state index in [1.165, 1.54) is 23.8 Å². The molecule has 0 bridgehead atoms. The molecule has 2 N–H and O–H groups in total. The molecule has 0 amide bonds. The maximum atomic E-state index is 14.2. The quantitative estimate of drug-likeness (QED) is 0.213. The smallest absolute Gasteiger partial charge is 0.460 e. The number of carbonyl (C=O) groups is 1. The van der Waals surface area contributed by atoms with E-state index in [1.54, 1.807) is 12.1 Å². The van der Waals surface area contributed by atoms with Gasteiger partial charge in [-0.3, -0.25) is 23.7 Å². The summed E-state index contributed by atoms with van der Waals surface area (Å²) in [6, 6.07) is 22.0. The Kier molecular flexibility index (Phi) is 8.27. The third-order valence-electron chi connectivity index (χ3n) is 6.27. The average molecular weight is 566 g/mol. The molecule has 1 aromatic heterocycles. The molecule has 4 atom stereocenters. The Morgan fingerprint density at radius 3 is 2.60 bits per heavy atom. The first-order chi connectivity index (χ1) is 19.3. The summed E-state index contributed by atoms with van der Waals surface area (Å²) in [5.41, 5.74) is -0.365. The fourth-order valence-electron chi connectivity index (χ4n) is 4.31. The second kappa shape index (κ2) is 12.0. The van der Waals surface area contributed by atoms with E-state index in [0.29, 0.717) is 11.8 Å². The average Bonchev–Trinajstić information content (AvgIpc) is 3.39. The molecular weight excluding hydrogens is 537 g/mol. The number of aromatic amines is 1. The van der Waals surface area contributed by atoms with E-state index >= 15 is 0 Å². The zero-order chi connectivity index (χ0) is 28.1. The normalized spacial score (nSPS) is 19.1. The van der Waals surface area contributed by atoms with Crippen LogP contribution in [-0.2, 0) is 30.0 Å². The highest BCUT2D eigenvalue weighted by Gasteiger charge is 2.39. The van der Waals surface area contributed by atoms with E-state index in [0.717, 1.165) is 10.9 Å². The second-order valence-corrected chi connectivity index (χ2v) is 10.9. The molecule has 5 rings (SSSR count). The monoisotopic (exact) mass is 565 g/mol. The lowest BCUT2D eigenvalue weighted by Crippen LogP contribution is -2.36. The molecule has 0 saturated carbocycles. The standard InChI is InChI=1S/C28H28N3O8P/c1-19(27(33)36-18-20-8-3-2-4-9-20)30-40(35,38-23-13-7-11-21-10-5-6-12-22(21)23)39-26-15-14-25(37-26)31-17-16-24(32)29-28(31)34/h2-13,16-17,19,25-26H,14-15,18H2,1H3,(H,30,35)(H,29,32,34)/t19-,25+,26+,40?/m0/s1. The molecule has 40 heavy (non-hydrogen) atoms. The van der Waals surface area contributed by atoms with Crippen molar-refractivity contribution in [3.63, 3.8) is 0 Å². The van der Waals surface area contributed by atoms with Crippen molar-refractivity contribution in [1.82, 2.24) is 14.6 Å². The molecule has 0 radical (unpaired) electrons. The molecule has 2 heterocycles. The van der Waals surface area contributed by atoms with Crippen LogP contribution in [0.4, 0.5) is 0 Å². The molecule has 12 heteroatoms. The minimum Gasteiger partial charge on any atom is -0.460 e. The number of H-pyrrole nitrogens is 1. The SMILES string of the molecule is C[C@H](NP(=O)(Oc1cccc2ccccc12)O[C@@H]1CC[C@H](n2ccc(=O)[nH]c2=O)O1)C(=O)OCc1ccccc1. The Morgan fingerprint density at radius 1 is 1.05 bits per heavy atom. The molecule has 0 aliphatic carbocycles. The van der Waals surface area contributed by atoms with Crippen molar-refractivity contribution in [2.45, 2.75) is 44.9 Å². The number of benzene rings is 3. The Morgan fingerprint density at radius 2 is 1.80 bits per heavy atom. The summed E-state index contributed by atoms with van der Waals surface area (Å²) in [5.74, 6) is -0.371. The van der Waals surface area contributed by atoms with Crippen molar-refractivity contribution >= 4 is 24.5 Å². The predicted octanol–water partition coefficient (Wildman–Crippen LogP) is 4.25. The second-order valence-electron chi connectivity index (χ2n) is 9.23. The Hall–Kier alpha value is -4.02. The van der Waals surface area contributed by atoms with Gasteiger partial charge in [0.1, 0.15) is 24.6 Å². The zero-order valence-electron chi connectivity index (χ0n) is 21.6. The molecule has 3 aromatic carbocycles. The summed E-state index contributed by atoms with van der Waals surface area (Å²) < 4.78 is 38.4. The number of hydrogen-bond donors (Lipinski definition) is 2. The third-order valence-corrected chi connectivity index (χ3v) is 7.93. The van der Waals surface area contributed by atoms with Gasteiger partial charge in [-0.2, -0.15) is 5.09 Å². The first-order valence-corrected chi connectivity index (χ1v) is 14.2. The molecule has 1 fully saturated rings. The number of aromatic nitrogens is 2. The van der Waals surface area contributed by atoms with Crippen LogP contribution in [-0.4, -0.2) is 27.9 Å². The van der Waals surface area contributed by atoms with Gasteiger partial charge >= 0.3 is 19.4 Å². The fourth-order valence-corrected chi connectivity index (χ4v) is 5.93. The topological polar surface area (TPSA) is 138 Å². The first-order valence-electron chi connectivity index (χ1n) is 12.7. The van der Waals surface area contributed by atoms with Gasteiger partial charge in [0.2, 0.25) is 0 Å². The maximum Gasteiger partial charge on any atom is 0.461 e. The van der Waals surface area contributed by atoms with E-state index in [9.17, 15) is 18.9 Å². The Labute approximate surface area is 229 Å². The minimum absolute atomic E-state index is 0.0440. The van der Waals surface area contributed by atoms with Crippen molar-refractivity contribution in [2.75, 3.05) is 0 Å². The minimum atomic E-state index is -4.26. The Bertz CT molecular complexity index is 1650. The number of fused-ring (bicyclic) bond motifs is 1. The van der Waals surface area contributed by atoms with Crippen molar-refractivity contribution in [1.29, 1.82) is 0 Å². The van der Waals surface area contributed by atoms with Gasteiger partial charge in [-0.15, -0.1) is 0 Å². The van der Waals surface area contributed by atoms with Crippen molar-refractivity contribution in [3.8, 4) is 5.75 Å². The van der Waals surface area contributed by atoms with Gasteiger partial charge in [-0.05, 0) is 30.4 Å². The van der Waals surface area contributed by atoms with Gasteiger partial charge in [0.25, 0.3) is 5.56 Å². The van der Waals surface area contributed by atoms with Crippen LogP contribution in [0.3, 0.4) is 0 Å². The van der Waals surface area contributed by atoms with E-state index < -0.39 is 43.5 Å². The Balaban J connectivity index is 1.35. The summed E-state index contributed by atoms with van der Waals surface area (Å²) in [7, 11) is -4.26. The van der Waals surface area contributed by atoms with Crippen LogP contribution >= 0.6 is 7.75 Å².